The molecule has 16 aromatic rings. The van der Waals surface area contributed by atoms with Crippen molar-refractivity contribution < 1.29 is 85.5 Å². The maximum atomic E-state index is 12.2. The average Bonchev–Trinajstić information content (AvgIpc) is 1.68. The molecule has 750 valence electrons. The standard InChI is InChI=1S/C14H12O3.C13H7Cl5O2S2.C13H9Cl3O2S2.2C13H11ClO2S2.C13H12O2S2.C12H10O3S.C12H10O2S2/c15-13(11-4-2-1-3-5-11)6-7-14(16)12-8-9-17-10-12;1-4-7(14)8(15)11(21-4)5(19)2-3-6(20)12-9(16)10(17)13(18)22-12;1-6-7(4-11(14)19-6)9(17)2-3-10(18)8-5-12(15)20-13(8)16;1-8-2-5-11(17-8)9(15)3-4-10(16)12-6-7-13(14)18-12;1-8-4-9(6-17-8)11(15)2-3-12(16)10-5-13(14)18-7-10;1-9-4-7-13(17-9)11(15)6-5-10(14)12-3-2-8-16-12;13-9(11-3-1-7-15-11)5-6-10(14)12-4-2-8-16-12;13-10(9-5-7-15-8-9)3-4-11(14)12-2-1-6-16-12/h1-5,8-10H,6-7H2;2-3H2,1H3;4-5H,2-3H2,1H3;2,5-7H,3-4H2,1H3;4-7H,2-3H2,1H3;2-4,7-8H,5-6H2,1H3;1-4,7-8H,5-6H2;1-2,5-8H,3-4H2. The third-order valence-corrected chi connectivity index (χ3v) is 36.1. The fourth-order valence-electron chi connectivity index (χ4n) is 12.3. The van der Waals surface area contributed by atoms with E-state index in [9.17, 15) is 76.7 Å². The van der Waals surface area contributed by atoms with Crippen LogP contribution in [0.3, 0.4) is 0 Å². The van der Waals surface area contributed by atoms with Crippen LogP contribution in [-0.2, 0) is 0 Å². The van der Waals surface area contributed by atoms with Crippen LogP contribution >= 0.6 is 263 Å². The summed E-state index contributed by atoms with van der Waals surface area (Å²) in [6.45, 7) is 9.50. The number of benzene rings is 1. The summed E-state index contributed by atoms with van der Waals surface area (Å²) in [7, 11) is 0. The maximum Gasteiger partial charge on any atom is 0.198 e. The number of rotatable bonds is 40. The Balaban J connectivity index is 0.000000184. The van der Waals surface area contributed by atoms with E-state index in [2.05, 4.69) is 0 Å². The Morgan fingerprint density at radius 2 is 0.681 bits per heavy atom. The smallest absolute Gasteiger partial charge is 0.198 e. The summed E-state index contributed by atoms with van der Waals surface area (Å²) in [5, 5.41) is 13.7. The van der Waals surface area contributed by atoms with E-state index >= 15 is 0 Å². The van der Waals surface area contributed by atoms with Crippen LogP contribution in [0.15, 0.2) is 217 Å². The number of ketones is 16. The molecule has 0 saturated carbocycles. The topological polar surface area (TPSA) is 299 Å². The fourth-order valence-corrected chi connectivity index (χ4v) is 25.4. The van der Waals surface area contributed by atoms with Crippen LogP contribution in [0.1, 0.15) is 288 Å². The highest BCUT2D eigenvalue weighted by Crippen LogP contribution is 2.43. The molecule has 1 aromatic carbocycles. The molecule has 16 rings (SSSR count). The largest absolute Gasteiger partial charge is 0.472 e. The summed E-state index contributed by atoms with van der Waals surface area (Å²) in [6.07, 6.45) is 7.63. The van der Waals surface area contributed by atoms with E-state index < -0.39 is 0 Å². The number of carbonyl (C=O) groups is 16. The van der Waals surface area contributed by atoms with Gasteiger partial charge in [-0.05, 0) is 159 Å². The monoisotopic (exact) mass is 2370 g/mol. The molecule has 15 heterocycles. The highest BCUT2D eigenvalue weighted by molar-refractivity contribution is 7.21. The third kappa shape index (κ3) is 38.6. The lowest BCUT2D eigenvalue weighted by atomic mass is 10.0. The van der Waals surface area contributed by atoms with Gasteiger partial charge in [0, 0.05) is 177 Å². The zero-order valence-corrected chi connectivity index (χ0v) is 94.6. The predicted octanol–water partition coefficient (Wildman–Crippen LogP) is 36.3. The molecule has 0 bridgehead atoms. The van der Waals surface area contributed by atoms with E-state index in [1.165, 1.54) is 138 Å². The number of hydrogen-bond acceptors (Lipinski definition) is 31. The SMILES string of the molecule is Cc1cc(C(=O)CCC(=O)c2csc(Cl)c2)cs1.Cc1ccc(C(=O)CCC(=O)c2ccc(Cl)s2)s1.Cc1ccc(C(=O)CCC(=O)c2cccs2)s1.Cc1sc(C(=O)CCC(=O)c2sc(Cl)c(Cl)c2Cl)c(Cl)c1Cl.Cc1sc(Cl)cc1C(=O)CCC(=O)c1cc(Cl)sc1Cl.O=C(CCC(=O)c1cccs1)c1ccco1.O=C(CCC(=O)c1cccs1)c1ccsc1.O=C(CCC(=O)c1ccoc1)c1ccccc1. The minimum absolute atomic E-state index is 0.00335. The van der Waals surface area contributed by atoms with Gasteiger partial charge in [0.15, 0.2) is 98.3 Å². The van der Waals surface area contributed by atoms with Crippen molar-refractivity contribution in [2.75, 3.05) is 0 Å². The molecule has 0 N–H and O–H groups in total. The van der Waals surface area contributed by atoms with Gasteiger partial charge >= 0.3 is 0 Å². The lowest BCUT2D eigenvalue weighted by Gasteiger charge is -2.00. The second-order valence-electron chi connectivity index (χ2n) is 30.3. The predicted molar refractivity (Wildman–Crippen MR) is 597 cm³/mol. The van der Waals surface area contributed by atoms with Crippen LogP contribution in [0.2, 0.25) is 46.1 Å². The Morgan fingerprint density at radius 1 is 0.250 bits per heavy atom. The molecule has 0 aliphatic rings. The van der Waals surface area contributed by atoms with Gasteiger partial charge in [0.05, 0.1) is 94.5 Å². The van der Waals surface area contributed by atoms with Gasteiger partial charge in [0.25, 0.3) is 0 Å². The first-order chi connectivity index (χ1) is 68.7. The summed E-state index contributed by atoms with van der Waals surface area (Å²) in [5.74, 6) is -0.434. The van der Waals surface area contributed by atoms with Gasteiger partial charge in [-0.1, -0.05) is 165 Å². The van der Waals surface area contributed by atoms with Gasteiger partial charge in [-0.25, -0.2) is 0 Å². The van der Waals surface area contributed by atoms with E-state index in [-0.39, 0.29) is 194 Å². The zero-order valence-electron chi connectivity index (χ0n) is 76.5. The molecule has 41 heteroatoms. The van der Waals surface area contributed by atoms with Crippen LogP contribution in [0.25, 0.3) is 0 Å². The van der Waals surface area contributed by atoms with Gasteiger partial charge in [0.2, 0.25) is 0 Å². The Labute approximate surface area is 930 Å². The fraction of sp³-hybridized carbons (Fsp3) is 0.204. The summed E-state index contributed by atoms with van der Waals surface area (Å²) >= 11 is 76.2. The molecule has 0 fully saturated rings. The molecule has 144 heavy (non-hydrogen) atoms. The molecule has 0 unspecified atom stereocenters. The number of aryl methyl sites for hydroxylation is 5. The molecule has 0 radical (unpaired) electrons. The molecule has 0 atom stereocenters. The Bertz CT molecular complexity index is 6560. The van der Waals surface area contributed by atoms with Gasteiger partial charge < -0.3 is 8.83 Å². The quantitative estimate of drug-likeness (QED) is 0.0322. The van der Waals surface area contributed by atoms with Crippen molar-refractivity contribution in [2.45, 2.75) is 137 Å². The molecule has 18 nitrogen and oxygen atoms in total. The number of hydrogen-bond donors (Lipinski definition) is 0. The average molecular weight is 2380 g/mol. The minimum Gasteiger partial charge on any atom is -0.472 e. The molecule has 15 aromatic heterocycles. The Morgan fingerprint density at radius 3 is 1.06 bits per heavy atom. The van der Waals surface area contributed by atoms with Crippen LogP contribution in [0.5, 0.6) is 0 Å². The van der Waals surface area contributed by atoms with Crippen molar-refractivity contribution in [2.24, 2.45) is 0 Å². The number of carbonyl (C=O) groups excluding carboxylic acids is 16. The first-order valence-corrected chi connectivity index (χ1v) is 57.8. The van der Waals surface area contributed by atoms with Crippen LogP contribution in [0.4, 0.5) is 0 Å². The molecule has 0 spiro atoms. The Kier molecular flexibility index (Phi) is 50.3. The summed E-state index contributed by atoms with van der Waals surface area (Å²) in [6, 6.07) is 44.1. The van der Waals surface area contributed by atoms with Crippen LogP contribution in [0, 0.1) is 34.6 Å². The number of furan rings is 2. The van der Waals surface area contributed by atoms with E-state index in [0.717, 1.165) is 66.6 Å². The zero-order chi connectivity index (χ0) is 105. The minimum atomic E-state index is -0.285. The Hall–Kier alpha value is -8.50. The molecular formula is C103H82Cl10O18S13. The second kappa shape index (κ2) is 60.8. The van der Waals surface area contributed by atoms with Crippen molar-refractivity contribution in [3.63, 3.8) is 0 Å². The van der Waals surface area contributed by atoms with Crippen LogP contribution in [-0.4, -0.2) is 92.5 Å². The molecule has 0 aliphatic heterocycles. The lowest BCUT2D eigenvalue weighted by molar-refractivity contribution is 0.0904. The van der Waals surface area contributed by atoms with Gasteiger partial charge in [-0.15, -0.1) is 136 Å². The highest BCUT2D eigenvalue weighted by atomic mass is 35.5. The number of halogens is 10. The molecule has 0 aliphatic carbocycles. The highest BCUT2D eigenvalue weighted by Gasteiger charge is 2.26. The molecule has 0 saturated heterocycles. The first-order valence-electron chi connectivity index (χ1n) is 42.9. The van der Waals surface area contributed by atoms with Crippen molar-refractivity contribution in [3.05, 3.63) is 362 Å². The normalized spacial score (nSPS) is 10.5. The molecule has 0 amide bonds. The van der Waals surface area contributed by atoms with E-state index in [4.69, 9.17) is 125 Å². The van der Waals surface area contributed by atoms with Crippen molar-refractivity contribution in [1.29, 1.82) is 0 Å². The molecular weight excluding hydrogens is 2300 g/mol. The lowest BCUT2D eigenvalue weighted by Crippen LogP contribution is -2.05. The van der Waals surface area contributed by atoms with Crippen molar-refractivity contribution >= 4 is 356 Å². The van der Waals surface area contributed by atoms with Gasteiger partial charge in [-0.2, -0.15) is 11.3 Å². The third-order valence-electron chi connectivity index (χ3n) is 19.8. The number of thiophene rings is 13. The van der Waals surface area contributed by atoms with E-state index in [1.54, 1.807) is 103 Å². The van der Waals surface area contributed by atoms with Crippen LogP contribution < -0.4 is 0 Å². The second-order valence-corrected chi connectivity index (χ2v) is 49.4. The summed E-state index contributed by atoms with van der Waals surface area (Å²) in [4.78, 5) is 199. The summed E-state index contributed by atoms with van der Waals surface area (Å²) < 4.78 is 12.6. The number of Topliss-reactive ketones (excluding diaryl/α,β-unsaturated/α-hetero) is 16. The van der Waals surface area contributed by atoms with E-state index in [1.807, 2.05) is 127 Å². The summed E-state index contributed by atoms with van der Waals surface area (Å²) in [5.41, 5.74) is 4.15. The first kappa shape index (κ1) is 119. The van der Waals surface area contributed by atoms with Gasteiger partial charge in [0.1, 0.15) is 14.9 Å². The maximum absolute atomic E-state index is 12.2. The van der Waals surface area contributed by atoms with Crippen molar-refractivity contribution in [3.8, 4) is 0 Å². The van der Waals surface area contributed by atoms with Gasteiger partial charge in [-0.3, -0.25) is 76.7 Å². The van der Waals surface area contributed by atoms with E-state index in [0.29, 0.717) is 112 Å². The van der Waals surface area contributed by atoms with Crippen molar-refractivity contribution in [1.82, 2.24) is 0 Å².